The summed E-state index contributed by atoms with van der Waals surface area (Å²) in [6.45, 7) is 1.99. The second-order valence-electron chi connectivity index (χ2n) is 9.70. The van der Waals surface area contributed by atoms with Crippen LogP contribution in [0.25, 0.3) is 0 Å². The van der Waals surface area contributed by atoms with Gasteiger partial charge in [0.15, 0.2) is 23.2 Å². The number of nitrogens with zero attached hydrogens (tertiary/aromatic N) is 2. The van der Waals surface area contributed by atoms with Crippen molar-refractivity contribution in [3.05, 3.63) is 97.2 Å². The summed E-state index contributed by atoms with van der Waals surface area (Å²) >= 11 is 0. The van der Waals surface area contributed by atoms with Crippen LogP contribution in [0, 0.1) is 23.4 Å². The monoisotopic (exact) mass is 515 g/mol. The number of hydrogen-bond donors (Lipinski definition) is 2. The molecular weight excluding hydrogens is 491 g/mol. The smallest absolute Gasteiger partial charge is 0.250 e. The number of rotatable bonds is 6. The number of pyridine rings is 1. The Morgan fingerprint density at radius 2 is 1.84 bits per heavy atom. The molecule has 0 saturated carbocycles. The number of carbonyl (C=O) groups is 1. The van der Waals surface area contributed by atoms with Crippen LogP contribution in [0.5, 0.6) is 5.75 Å². The predicted molar refractivity (Wildman–Crippen MR) is 125 cm³/mol. The Balaban J connectivity index is 1.47. The molecule has 1 unspecified atom stereocenters. The highest BCUT2D eigenvalue weighted by atomic mass is 19.2. The van der Waals surface area contributed by atoms with Crippen LogP contribution in [0.2, 0.25) is 0 Å². The normalized spacial score (nSPS) is 19.9. The number of carbonyl (C=O) groups excluding carboxylic acids is 1. The maximum Gasteiger partial charge on any atom is 0.250 e. The van der Waals surface area contributed by atoms with Gasteiger partial charge in [-0.25, -0.2) is 13.2 Å². The zero-order chi connectivity index (χ0) is 26.4. The number of piperidine rings is 1. The van der Waals surface area contributed by atoms with Gasteiger partial charge in [0.1, 0.15) is 5.76 Å². The third-order valence-corrected chi connectivity index (χ3v) is 7.07. The number of fused-ring (bicyclic) bond motifs is 4. The second-order valence-corrected chi connectivity index (χ2v) is 9.70. The highest BCUT2D eigenvalue weighted by molar-refractivity contribution is 5.75. The van der Waals surface area contributed by atoms with Crippen LogP contribution < -0.4 is 16.7 Å². The van der Waals surface area contributed by atoms with Crippen LogP contribution >= 0.6 is 0 Å². The van der Waals surface area contributed by atoms with Crippen molar-refractivity contribution < 1.29 is 27.5 Å². The van der Waals surface area contributed by atoms with Gasteiger partial charge in [-0.1, -0.05) is 6.07 Å². The van der Waals surface area contributed by atoms with E-state index in [0.29, 0.717) is 31.8 Å². The maximum absolute atomic E-state index is 14.0. The lowest BCUT2D eigenvalue weighted by molar-refractivity contribution is -0.118. The largest absolute Gasteiger partial charge is 0.502 e. The van der Waals surface area contributed by atoms with Crippen molar-refractivity contribution in [2.75, 3.05) is 13.1 Å². The fourth-order valence-corrected chi connectivity index (χ4v) is 5.55. The van der Waals surface area contributed by atoms with Crippen molar-refractivity contribution in [3.8, 4) is 5.75 Å². The highest BCUT2D eigenvalue weighted by Gasteiger charge is 2.35. The molecule has 4 heterocycles. The van der Waals surface area contributed by atoms with E-state index in [1.165, 1.54) is 6.07 Å². The van der Waals surface area contributed by atoms with Crippen molar-refractivity contribution in [2.24, 2.45) is 11.7 Å². The van der Waals surface area contributed by atoms with E-state index in [0.717, 1.165) is 18.2 Å². The minimum atomic E-state index is -1.69. The molecule has 1 saturated heterocycles. The Morgan fingerprint density at radius 1 is 1.11 bits per heavy atom. The van der Waals surface area contributed by atoms with Gasteiger partial charge < -0.3 is 19.8 Å². The number of halogens is 3. The van der Waals surface area contributed by atoms with Crippen LogP contribution in [0.3, 0.4) is 0 Å². The molecule has 3 aromatic rings. The first-order valence-electron chi connectivity index (χ1n) is 11.8. The van der Waals surface area contributed by atoms with Gasteiger partial charge in [0.25, 0.3) is 5.56 Å². The second kappa shape index (κ2) is 9.55. The molecule has 3 atom stereocenters. The minimum Gasteiger partial charge on any atom is -0.502 e. The lowest BCUT2D eigenvalue weighted by Gasteiger charge is -2.42. The number of aromatic nitrogens is 1. The summed E-state index contributed by atoms with van der Waals surface area (Å²) in [5.74, 6) is -7.64. The summed E-state index contributed by atoms with van der Waals surface area (Å²) in [5.41, 5.74) is 5.20. The van der Waals surface area contributed by atoms with E-state index in [4.69, 9.17) is 10.2 Å². The van der Waals surface area contributed by atoms with Gasteiger partial charge >= 0.3 is 0 Å². The van der Waals surface area contributed by atoms with Gasteiger partial charge in [0.2, 0.25) is 17.1 Å². The van der Waals surface area contributed by atoms with Crippen LogP contribution in [0.1, 0.15) is 47.5 Å². The molecule has 2 aliphatic heterocycles. The number of hydrogen-bond acceptors (Lipinski definition) is 6. The van der Waals surface area contributed by atoms with E-state index in [2.05, 4.69) is 4.90 Å². The lowest BCUT2D eigenvalue weighted by Crippen LogP contribution is -2.46. The Labute approximate surface area is 208 Å². The molecule has 2 bridgehead atoms. The summed E-state index contributed by atoms with van der Waals surface area (Å²) in [4.78, 5) is 38.7. The molecule has 0 spiro atoms. The molecule has 11 heteroatoms. The van der Waals surface area contributed by atoms with E-state index in [9.17, 15) is 32.7 Å². The minimum absolute atomic E-state index is 0.0380. The molecule has 2 aromatic heterocycles. The van der Waals surface area contributed by atoms with Gasteiger partial charge in [-0.05, 0) is 36.1 Å². The molecule has 0 radical (unpaired) electrons. The van der Waals surface area contributed by atoms with Gasteiger partial charge in [-0.2, -0.15) is 0 Å². The lowest BCUT2D eigenvalue weighted by atomic mass is 9.83. The Hall–Kier alpha value is -3.86. The summed E-state index contributed by atoms with van der Waals surface area (Å²) in [6, 6.07) is 7.66. The van der Waals surface area contributed by atoms with Gasteiger partial charge in [-0.3, -0.25) is 19.3 Å². The molecule has 5 rings (SSSR count). The first-order chi connectivity index (χ1) is 17.6. The maximum atomic E-state index is 14.0. The third-order valence-electron chi connectivity index (χ3n) is 7.07. The zero-order valence-electron chi connectivity index (χ0n) is 19.6. The molecule has 1 aromatic carbocycles. The molecular formula is C26H24F3N3O5. The number of primary amides is 1. The Morgan fingerprint density at radius 3 is 2.54 bits per heavy atom. The number of likely N-dealkylation sites (tertiary alicyclic amines) is 1. The van der Waals surface area contributed by atoms with Crippen molar-refractivity contribution in [2.45, 2.75) is 37.8 Å². The van der Waals surface area contributed by atoms with E-state index in [-0.39, 0.29) is 41.0 Å². The van der Waals surface area contributed by atoms with Crippen LogP contribution in [0.4, 0.5) is 13.2 Å². The quantitative estimate of drug-likeness (QED) is 0.487. The summed E-state index contributed by atoms with van der Waals surface area (Å²) in [7, 11) is 0. The summed E-state index contributed by atoms with van der Waals surface area (Å²) in [6.07, 6.45) is 0.372. The van der Waals surface area contributed by atoms with E-state index in [1.54, 1.807) is 10.6 Å². The fraction of sp³-hybridized carbons (Fsp3) is 0.346. The van der Waals surface area contributed by atoms with Gasteiger partial charge in [0.05, 0.1) is 12.5 Å². The highest BCUT2D eigenvalue weighted by Crippen LogP contribution is 2.37. The third kappa shape index (κ3) is 4.78. The van der Waals surface area contributed by atoms with Gasteiger partial charge in [0, 0.05) is 49.8 Å². The van der Waals surface area contributed by atoms with Crippen molar-refractivity contribution in [3.63, 3.8) is 0 Å². The van der Waals surface area contributed by atoms with Crippen LogP contribution in [-0.4, -0.2) is 33.6 Å². The number of nitrogens with two attached hydrogens (primary N) is 1. The molecule has 0 aliphatic carbocycles. The van der Waals surface area contributed by atoms with Crippen molar-refractivity contribution in [1.29, 1.82) is 0 Å². The molecule has 37 heavy (non-hydrogen) atoms. The summed E-state index contributed by atoms with van der Waals surface area (Å²) in [5, 5.41) is 10.5. The average molecular weight is 515 g/mol. The standard InChI is InChI=1S/C26H24F3N3O5/c27-18-5-14(6-19(28)24(18)29)17(8-22(30)34)26-25(36)21(33)7-16(37-26)12-31-9-13-4-15(11-31)20-2-1-3-23(35)32(20)10-13/h1-3,5-7,13,15,17,36H,4,8-12H2,(H2,30,34)/t13-,15+,17?/m1/s1. The Kier molecular flexibility index (Phi) is 6.40. The fourth-order valence-electron chi connectivity index (χ4n) is 5.55. The molecule has 1 fully saturated rings. The number of amides is 1. The first kappa shape index (κ1) is 24.8. The molecule has 194 valence electrons. The molecule has 1 amide bonds. The summed E-state index contributed by atoms with van der Waals surface area (Å²) < 4.78 is 49.1. The van der Waals surface area contributed by atoms with E-state index >= 15 is 0 Å². The SMILES string of the molecule is NC(=O)CC(c1cc(F)c(F)c(F)c1)c1oc(CN2C[C@H]3C[C@@H](C2)c2cccc(=O)n2C3)cc(=O)c1O. The van der Waals surface area contributed by atoms with Crippen LogP contribution in [0.15, 0.2) is 50.4 Å². The Bertz CT molecular complexity index is 1480. The number of aromatic hydroxyl groups is 1. The number of benzene rings is 1. The molecule has 8 nitrogen and oxygen atoms in total. The van der Waals surface area contributed by atoms with E-state index in [1.807, 2.05) is 6.07 Å². The average Bonchev–Trinajstić information content (AvgIpc) is 2.83. The zero-order valence-corrected chi connectivity index (χ0v) is 19.6. The predicted octanol–water partition coefficient (Wildman–Crippen LogP) is 2.55. The topological polar surface area (TPSA) is 119 Å². The molecule has 2 aliphatic rings. The van der Waals surface area contributed by atoms with E-state index < -0.39 is 46.9 Å². The molecule has 3 N–H and O–H groups in total. The van der Waals surface area contributed by atoms with Crippen molar-refractivity contribution in [1.82, 2.24) is 9.47 Å². The van der Waals surface area contributed by atoms with Crippen molar-refractivity contribution >= 4 is 5.91 Å². The first-order valence-corrected chi connectivity index (χ1v) is 11.8. The van der Waals surface area contributed by atoms with Crippen LogP contribution in [-0.2, 0) is 17.9 Å². The van der Waals surface area contributed by atoms with Gasteiger partial charge in [-0.15, -0.1) is 0 Å².